The van der Waals surface area contributed by atoms with Gasteiger partial charge in [0, 0.05) is 11.8 Å². The molecule has 0 radical (unpaired) electrons. The molecule has 4 heteroatoms. The third-order valence-electron chi connectivity index (χ3n) is 2.23. The number of carbonyl (C=O) groups excluding carboxylic acids is 2. The normalized spacial score (nSPS) is 18.8. The van der Waals surface area contributed by atoms with E-state index in [0.717, 1.165) is 0 Å². The van der Waals surface area contributed by atoms with Crippen molar-refractivity contribution in [3.05, 3.63) is 47.8 Å². The molecule has 0 bridgehead atoms. The molecule has 1 aliphatic heterocycles. The molecule has 1 heterocycles. The molecule has 1 aromatic carbocycles. The lowest BCUT2D eigenvalue weighted by Gasteiger charge is -2.09. The van der Waals surface area contributed by atoms with Crippen LogP contribution in [0.25, 0.3) is 0 Å². The zero-order chi connectivity index (χ0) is 11.5. The van der Waals surface area contributed by atoms with Gasteiger partial charge in [-0.2, -0.15) is 0 Å². The van der Waals surface area contributed by atoms with Gasteiger partial charge in [0.2, 0.25) is 0 Å². The summed E-state index contributed by atoms with van der Waals surface area (Å²) in [5.41, 5.74) is 0.284. The summed E-state index contributed by atoms with van der Waals surface area (Å²) in [6.07, 6.45) is 4.20. The molecule has 1 aromatic rings. The van der Waals surface area contributed by atoms with E-state index in [1.54, 1.807) is 0 Å². The number of Topliss-reactive ketones (excluding diaryl/α,β-unsaturated/α-hetero) is 1. The number of ketones is 2. The van der Waals surface area contributed by atoms with Crippen LogP contribution in [-0.2, 0) is 4.79 Å². The lowest BCUT2D eigenvalue weighted by Crippen LogP contribution is -2.28. The fourth-order valence-corrected chi connectivity index (χ4v) is 1.41. The number of carbonyl (C=O) groups is 2. The molecule has 0 N–H and O–H groups in total. The van der Waals surface area contributed by atoms with E-state index in [1.807, 2.05) is 0 Å². The average molecular weight is 217 g/mol. The third kappa shape index (κ3) is 1.95. The summed E-state index contributed by atoms with van der Waals surface area (Å²) < 4.78 is 12.6. The van der Waals surface area contributed by atoms with Gasteiger partial charge in [-0.15, -0.1) is 0 Å². The molecule has 0 saturated carbocycles. The maximum absolute atomic E-state index is 12.6. The highest BCUT2D eigenvalue weighted by atomic mass is 19.1. The molecule has 0 aromatic heterocycles. The van der Waals surface area contributed by atoms with E-state index in [0.29, 0.717) is 0 Å². The van der Waals surface area contributed by atoms with Crippen molar-refractivity contribution in [2.45, 2.75) is 6.04 Å². The van der Waals surface area contributed by atoms with Crippen molar-refractivity contribution in [3.63, 3.8) is 0 Å². The van der Waals surface area contributed by atoms with Crippen LogP contribution in [0.3, 0.4) is 0 Å². The Morgan fingerprint density at radius 2 is 1.94 bits per heavy atom. The standard InChI is InChI=1S/C12H8FNO2/c13-9-5-3-8(4-6-9)12(16)11-10(15)2-1-7-14-11/h1-7,11H. The Bertz CT molecular complexity index is 488. The van der Waals surface area contributed by atoms with Gasteiger partial charge < -0.3 is 0 Å². The van der Waals surface area contributed by atoms with E-state index in [-0.39, 0.29) is 11.3 Å². The SMILES string of the molecule is O=C1C=CC=NC1C(=O)c1ccc(F)cc1. The molecule has 1 aliphatic rings. The second-order valence-electron chi connectivity index (χ2n) is 3.33. The van der Waals surface area contributed by atoms with Crippen LogP contribution in [0.15, 0.2) is 41.4 Å². The summed E-state index contributed by atoms with van der Waals surface area (Å²) in [6.45, 7) is 0. The molecule has 0 fully saturated rings. The van der Waals surface area contributed by atoms with Gasteiger partial charge in [0.05, 0.1) is 0 Å². The molecule has 80 valence electrons. The first kappa shape index (κ1) is 10.4. The summed E-state index contributed by atoms with van der Waals surface area (Å²) >= 11 is 0. The molecule has 2 rings (SSSR count). The predicted octanol–water partition coefficient (Wildman–Crippen LogP) is 1.59. The molecular formula is C12H8FNO2. The van der Waals surface area contributed by atoms with Gasteiger partial charge in [0.15, 0.2) is 17.6 Å². The first-order valence-electron chi connectivity index (χ1n) is 4.72. The lowest BCUT2D eigenvalue weighted by atomic mass is 10.00. The van der Waals surface area contributed by atoms with Crippen molar-refractivity contribution in [3.8, 4) is 0 Å². The van der Waals surface area contributed by atoms with E-state index in [2.05, 4.69) is 4.99 Å². The van der Waals surface area contributed by atoms with E-state index in [1.165, 1.54) is 42.6 Å². The molecule has 3 nitrogen and oxygen atoms in total. The molecule has 16 heavy (non-hydrogen) atoms. The zero-order valence-electron chi connectivity index (χ0n) is 8.26. The summed E-state index contributed by atoms with van der Waals surface area (Å²) in [7, 11) is 0. The highest BCUT2D eigenvalue weighted by Crippen LogP contribution is 2.10. The fraction of sp³-hybridized carbons (Fsp3) is 0.0833. The number of aliphatic imine (C=N–C) groups is 1. The Morgan fingerprint density at radius 3 is 2.56 bits per heavy atom. The van der Waals surface area contributed by atoms with Crippen LogP contribution in [0.1, 0.15) is 10.4 Å². The Morgan fingerprint density at radius 1 is 1.25 bits per heavy atom. The molecule has 0 saturated heterocycles. The monoisotopic (exact) mass is 217 g/mol. The minimum atomic E-state index is -1.02. The number of allylic oxidation sites excluding steroid dienone is 1. The molecular weight excluding hydrogens is 209 g/mol. The minimum absolute atomic E-state index is 0.284. The van der Waals surface area contributed by atoms with Gasteiger partial charge in [-0.1, -0.05) is 0 Å². The van der Waals surface area contributed by atoms with Gasteiger partial charge >= 0.3 is 0 Å². The predicted molar refractivity (Wildman–Crippen MR) is 57.2 cm³/mol. The van der Waals surface area contributed by atoms with Crippen LogP contribution in [-0.4, -0.2) is 23.8 Å². The Hall–Kier alpha value is -2.10. The van der Waals surface area contributed by atoms with E-state index >= 15 is 0 Å². The second-order valence-corrected chi connectivity index (χ2v) is 3.33. The van der Waals surface area contributed by atoms with E-state index < -0.39 is 17.6 Å². The van der Waals surface area contributed by atoms with Crippen LogP contribution in [0.2, 0.25) is 0 Å². The van der Waals surface area contributed by atoms with Crippen LogP contribution in [0.5, 0.6) is 0 Å². The Kier molecular flexibility index (Phi) is 2.72. The first-order valence-corrected chi connectivity index (χ1v) is 4.72. The first-order chi connectivity index (χ1) is 7.68. The topological polar surface area (TPSA) is 46.5 Å². The number of nitrogens with zero attached hydrogens (tertiary/aromatic N) is 1. The summed E-state index contributed by atoms with van der Waals surface area (Å²) in [4.78, 5) is 27.0. The number of benzene rings is 1. The molecule has 1 unspecified atom stereocenters. The van der Waals surface area contributed by atoms with Gasteiger partial charge in [0.25, 0.3) is 0 Å². The number of hydrogen-bond donors (Lipinski definition) is 0. The van der Waals surface area contributed by atoms with Gasteiger partial charge in [0.1, 0.15) is 5.82 Å². The number of halogens is 1. The molecule has 0 spiro atoms. The molecule has 1 atom stereocenters. The van der Waals surface area contributed by atoms with E-state index in [4.69, 9.17) is 0 Å². The largest absolute Gasteiger partial charge is 0.292 e. The average Bonchev–Trinajstić information content (AvgIpc) is 2.30. The summed E-state index contributed by atoms with van der Waals surface area (Å²) in [5.74, 6) is -1.18. The minimum Gasteiger partial charge on any atom is -0.292 e. The Labute approximate surface area is 91.3 Å². The number of hydrogen-bond acceptors (Lipinski definition) is 3. The second kappa shape index (κ2) is 4.18. The maximum Gasteiger partial charge on any atom is 0.195 e. The van der Waals surface area contributed by atoms with Crippen LogP contribution in [0, 0.1) is 5.82 Å². The third-order valence-corrected chi connectivity index (χ3v) is 2.23. The van der Waals surface area contributed by atoms with Gasteiger partial charge in [-0.05, 0) is 36.4 Å². The Balaban J connectivity index is 2.25. The quantitative estimate of drug-likeness (QED) is 0.557. The van der Waals surface area contributed by atoms with Crippen LogP contribution >= 0.6 is 0 Å². The van der Waals surface area contributed by atoms with Gasteiger partial charge in [-0.3, -0.25) is 14.6 Å². The van der Waals surface area contributed by atoms with Crippen molar-refractivity contribution in [2.75, 3.05) is 0 Å². The molecule has 0 aliphatic carbocycles. The van der Waals surface area contributed by atoms with Crippen molar-refractivity contribution in [1.82, 2.24) is 0 Å². The van der Waals surface area contributed by atoms with Gasteiger partial charge in [-0.25, -0.2) is 4.39 Å². The number of dihydropyridines is 1. The maximum atomic E-state index is 12.6. The smallest absolute Gasteiger partial charge is 0.195 e. The van der Waals surface area contributed by atoms with Crippen LogP contribution in [0.4, 0.5) is 4.39 Å². The van der Waals surface area contributed by atoms with Crippen molar-refractivity contribution in [1.29, 1.82) is 0 Å². The summed E-state index contributed by atoms with van der Waals surface area (Å²) in [5, 5.41) is 0. The van der Waals surface area contributed by atoms with Crippen LogP contribution < -0.4 is 0 Å². The highest BCUT2D eigenvalue weighted by Gasteiger charge is 2.25. The van der Waals surface area contributed by atoms with Crippen molar-refractivity contribution < 1.29 is 14.0 Å². The van der Waals surface area contributed by atoms with E-state index in [9.17, 15) is 14.0 Å². The highest BCUT2D eigenvalue weighted by molar-refractivity contribution is 6.19. The summed E-state index contributed by atoms with van der Waals surface area (Å²) in [6, 6.07) is 4.04. The zero-order valence-corrected chi connectivity index (χ0v) is 8.26. The van der Waals surface area contributed by atoms with Crippen molar-refractivity contribution in [2.24, 2.45) is 4.99 Å². The lowest BCUT2D eigenvalue weighted by molar-refractivity contribution is -0.114. The van der Waals surface area contributed by atoms with Crippen molar-refractivity contribution >= 4 is 17.8 Å². The fourth-order valence-electron chi connectivity index (χ4n) is 1.41. The number of rotatable bonds is 2. The molecule has 0 amide bonds.